The van der Waals surface area contributed by atoms with E-state index in [1.54, 1.807) is 12.1 Å². The maximum absolute atomic E-state index is 12.9. The van der Waals surface area contributed by atoms with E-state index in [0.717, 1.165) is 32.0 Å². The number of nitrogens with one attached hydrogen (secondary N) is 2. The molecule has 2 aliphatic heterocycles. The van der Waals surface area contributed by atoms with E-state index in [1.165, 1.54) is 31.4 Å². The van der Waals surface area contributed by atoms with Gasteiger partial charge in [-0.3, -0.25) is 0 Å². The van der Waals surface area contributed by atoms with Gasteiger partial charge in [-0.2, -0.15) is 0 Å². The summed E-state index contributed by atoms with van der Waals surface area (Å²) in [5.41, 5.74) is 1.78. The first kappa shape index (κ1) is 13.1. The van der Waals surface area contributed by atoms with Crippen LogP contribution >= 0.6 is 0 Å². The zero-order valence-electron chi connectivity index (χ0n) is 11.4. The Hall–Kier alpha value is -0.930. The van der Waals surface area contributed by atoms with Crippen LogP contribution in [0.5, 0.6) is 0 Å². The van der Waals surface area contributed by atoms with Gasteiger partial charge < -0.3 is 10.6 Å². The third-order valence-electron chi connectivity index (χ3n) is 5.03. The number of hydrogen-bond acceptors (Lipinski definition) is 2. The Labute approximate surface area is 114 Å². The minimum absolute atomic E-state index is 0.138. The van der Waals surface area contributed by atoms with Gasteiger partial charge in [0.05, 0.1) is 0 Å². The average molecular weight is 262 g/mol. The van der Waals surface area contributed by atoms with E-state index in [1.807, 2.05) is 12.1 Å². The van der Waals surface area contributed by atoms with Crippen LogP contribution in [0, 0.1) is 17.2 Å². The number of aryl methyl sites for hydroxylation is 1. The van der Waals surface area contributed by atoms with E-state index in [4.69, 9.17) is 0 Å². The lowest BCUT2D eigenvalue weighted by molar-refractivity contribution is 0.151. The normalized spacial score (nSPS) is 25.8. The van der Waals surface area contributed by atoms with E-state index in [0.29, 0.717) is 5.41 Å². The monoisotopic (exact) mass is 262 g/mol. The molecule has 0 bridgehead atoms. The van der Waals surface area contributed by atoms with E-state index in [-0.39, 0.29) is 5.82 Å². The quantitative estimate of drug-likeness (QED) is 0.874. The number of piperidine rings is 1. The van der Waals surface area contributed by atoms with Crippen molar-refractivity contribution < 1.29 is 4.39 Å². The maximum atomic E-state index is 12.9. The van der Waals surface area contributed by atoms with Crippen LogP contribution in [0.2, 0.25) is 0 Å². The van der Waals surface area contributed by atoms with Crippen LogP contribution in [0.15, 0.2) is 24.3 Å². The van der Waals surface area contributed by atoms with Gasteiger partial charge in [-0.05, 0) is 74.3 Å². The molecule has 2 heterocycles. The molecule has 0 aliphatic carbocycles. The van der Waals surface area contributed by atoms with Crippen molar-refractivity contribution in [3.63, 3.8) is 0 Å². The number of rotatable bonds is 3. The molecule has 2 nitrogen and oxygen atoms in total. The third kappa shape index (κ3) is 2.82. The van der Waals surface area contributed by atoms with Crippen molar-refractivity contribution in [3.8, 4) is 0 Å². The van der Waals surface area contributed by atoms with Crippen LogP contribution in [-0.4, -0.2) is 26.2 Å². The second-order valence-corrected chi connectivity index (χ2v) is 6.11. The topological polar surface area (TPSA) is 24.1 Å². The van der Waals surface area contributed by atoms with Crippen molar-refractivity contribution >= 4 is 0 Å². The minimum atomic E-state index is -0.138. The molecule has 19 heavy (non-hydrogen) atoms. The lowest BCUT2D eigenvalue weighted by Crippen LogP contribution is -2.41. The summed E-state index contributed by atoms with van der Waals surface area (Å²) in [7, 11) is 0. The highest BCUT2D eigenvalue weighted by atomic mass is 19.1. The predicted molar refractivity (Wildman–Crippen MR) is 75.6 cm³/mol. The Morgan fingerprint density at radius 3 is 2.58 bits per heavy atom. The highest BCUT2D eigenvalue weighted by Gasteiger charge is 2.42. The fourth-order valence-corrected chi connectivity index (χ4v) is 3.77. The lowest BCUT2D eigenvalue weighted by atomic mass is 9.69. The van der Waals surface area contributed by atoms with Crippen molar-refractivity contribution in [3.05, 3.63) is 35.6 Å². The van der Waals surface area contributed by atoms with Gasteiger partial charge in [-0.1, -0.05) is 12.1 Å². The van der Waals surface area contributed by atoms with Gasteiger partial charge in [-0.25, -0.2) is 4.39 Å². The molecule has 104 valence electrons. The highest BCUT2D eigenvalue weighted by Crippen LogP contribution is 2.41. The molecule has 3 heteroatoms. The Morgan fingerprint density at radius 1 is 1.11 bits per heavy atom. The molecule has 2 aliphatic rings. The van der Waals surface area contributed by atoms with Gasteiger partial charge >= 0.3 is 0 Å². The second kappa shape index (κ2) is 5.59. The summed E-state index contributed by atoms with van der Waals surface area (Å²) in [6.07, 6.45) is 4.89. The summed E-state index contributed by atoms with van der Waals surface area (Å²) in [6.45, 7) is 4.66. The average Bonchev–Trinajstić information content (AvgIpc) is 2.81. The first-order chi connectivity index (χ1) is 9.28. The summed E-state index contributed by atoms with van der Waals surface area (Å²) in [4.78, 5) is 0. The van der Waals surface area contributed by atoms with E-state index < -0.39 is 0 Å². The van der Waals surface area contributed by atoms with Crippen LogP contribution < -0.4 is 10.6 Å². The molecular weight excluding hydrogens is 239 g/mol. The van der Waals surface area contributed by atoms with Gasteiger partial charge in [0, 0.05) is 6.54 Å². The van der Waals surface area contributed by atoms with E-state index >= 15 is 0 Å². The maximum Gasteiger partial charge on any atom is 0.123 e. The van der Waals surface area contributed by atoms with Crippen molar-refractivity contribution in [2.75, 3.05) is 26.2 Å². The molecule has 0 radical (unpaired) electrons. The van der Waals surface area contributed by atoms with Crippen molar-refractivity contribution in [2.45, 2.75) is 25.7 Å². The molecule has 1 aromatic rings. The zero-order chi connectivity index (χ0) is 13.1. The largest absolute Gasteiger partial charge is 0.317 e. The van der Waals surface area contributed by atoms with Crippen molar-refractivity contribution in [1.29, 1.82) is 0 Å². The van der Waals surface area contributed by atoms with Crippen molar-refractivity contribution in [1.82, 2.24) is 10.6 Å². The molecule has 0 aromatic heterocycles. The summed E-state index contributed by atoms with van der Waals surface area (Å²) in [5.74, 6) is 0.640. The first-order valence-electron chi connectivity index (χ1n) is 7.44. The molecule has 0 saturated carbocycles. The van der Waals surface area contributed by atoms with Crippen LogP contribution in [-0.2, 0) is 6.42 Å². The Morgan fingerprint density at radius 2 is 1.84 bits per heavy atom. The number of halogens is 1. The summed E-state index contributed by atoms with van der Waals surface area (Å²) < 4.78 is 12.9. The van der Waals surface area contributed by atoms with Gasteiger partial charge in [0.25, 0.3) is 0 Å². The van der Waals surface area contributed by atoms with Gasteiger partial charge in [0.2, 0.25) is 0 Å². The standard InChI is InChI=1S/C16H23FN2/c17-15-5-2-13(3-6-15)1-4-14-11-19-12-16(14)7-9-18-10-8-16/h2-3,5-6,14,18-19H,1,4,7-12H2. The Balaban J connectivity index is 1.61. The molecule has 2 N–H and O–H groups in total. The van der Waals surface area contributed by atoms with Crippen LogP contribution in [0.4, 0.5) is 4.39 Å². The fourth-order valence-electron chi connectivity index (χ4n) is 3.77. The summed E-state index contributed by atoms with van der Waals surface area (Å²) >= 11 is 0. The third-order valence-corrected chi connectivity index (χ3v) is 5.03. The summed E-state index contributed by atoms with van der Waals surface area (Å²) in [6, 6.07) is 6.99. The zero-order valence-corrected chi connectivity index (χ0v) is 11.4. The number of benzene rings is 1. The molecule has 0 amide bonds. The fraction of sp³-hybridized carbons (Fsp3) is 0.625. The van der Waals surface area contributed by atoms with E-state index in [2.05, 4.69) is 10.6 Å². The summed E-state index contributed by atoms with van der Waals surface area (Å²) in [5, 5.41) is 7.06. The van der Waals surface area contributed by atoms with Crippen molar-refractivity contribution in [2.24, 2.45) is 11.3 Å². The Kier molecular flexibility index (Phi) is 3.85. The molecule has 1 atom stereocenters. The molecule has 1 unspecified atom stereocenters. The van der Waals surface area contributed by atoms with Crippen LogP contribution in [0.1, 0.15) is 24.8 Å². The molecule has 2 fully saturated rings. The minimum Gasteiger partial charge on any atom is -0.317 e. The van der Waals surface area contributed by atoms with Crippen LogP contribution in [0.3, 0.4) is 0 Å². The van der Waals surface area contributed by atoms with Gasteiger partial charge in [-0.15, -0.1) is 0 Å². The molecule has 1 spiro atoms. The number of hydrogen-bond donors (Lipinski definition) is 2. The second-order valence-electron chi connectivity index (χ2n) is 6.11. The van der Waals surface area contributed by atoms with Gasteiger partial charge in [0.15, 0.2) is 0 Å². The predicted octanol–water partition coefficient (Wildman–Crippen LogP) is 2.35. The Bertz CT molecular complexity index is 409. The van der Waals surface area contributed by atoms with Gasteiger partial charge in [0.1, 0.15) is 5.82 Å². The molecule has 3 rings (SSSR count). The molecular formula is C16H23FN2. The van der Waals surface area contributed by atoms with Crippen LogP contribution in [0.25, 0.3) is 0 Å². The van der Waals surface area contributed by atoms with E-state index in [9.17, 15) is 4.39 Å². The molecule has 2 saturated heterocycles. The first-order valence-corrected chi connectivity index (χ1v) is 7.44. The molecule has 1 aromatic carbocycles. The lowest BCUT2D eigenvalue weighted by Gasteiger charge is -2.38. The highest BCUT2D eigenvalue weighted by molar-refractivity contribution is 5.16. The SMILES string of the molecule is Fc1ccc(CCC2CNCC23CCNCC3)cc1. The smallest absolute Gasteiger partial charge is 0.123 e.